The lowest BCUT2D eigenvalue weighted by Gasteiger charge is -2.02. The van der Waals surface area contributed by atoms with Crippen LogP contribution in [-0.2, 0) is 4.79 Å². The minimum Gasteiger partial charge on any atom is -0.329 e. The molecule has 0 aliphatic carbocycles. The monoisotopic (exact) mass is 167 g/mol. The van der Waals surface area contributed by atoms with Crippen LogP contribution in [-0.4, -0.2) is 6.41 Å². The number of carbonyl (C=O) groups excluding carboxylic acids is 1. The van der Waals surface area contributed by atoms with Gasteiger partial charge in [0, 0.05) is 5.69 Å². The normalized spacial score (nSPS) is 9.27. The topological polar surface area (TPSA) is 29.1 Å². The lowest BCUT2D eigenvalue weighted by molar-refractivity contribution is -0.105. The molecule has 0 heterocycles. The van der Waals surface area contributed by atoms with Crippen molar-refractivity contribution in [3.05, 3.63) is 23.8 Å². The Morgan fingerprint density at radius 1 is 1.55 bits per heavy atom. The van der Waals surface area contributed by atoms with Crippen molar-refractivity contribution in [3.8, 4) is 0 Å². The van der Waals surface area contributed by atoms with Crippen molar-refractivity contribution < 1.29 is 4.79 Å². The maximum atomic E-state index is 10.1. The molecule has 1 aromatic rings. The highest BCUT2D eigenvalue weighted by molar-refractivity contribution is 7.27. The van der Waals surface area contributed by atoms with Crippen molar-refractivity contribution in [1.82, 2.24) is 0 Å². The molecular weight excluding hydrogens is 157 g/mol. The van der Waals surface area contributed by atoms with E-state index in [1.807, 2.05) is 25.1 Å². The predicted molar refractivity (Wildman–Crippen MR) is 50.2 cm³/mol. The van der Waals surface area contributed by atoms with Gasteiger partial charge in [-0.05, 0) is 29.9 Å². The third-order valence-corrected chi connectivity index (χ3v) is 2.14. The van der Waals surface area contributed by atoms with Gasteiger partial charge < -0.3 is 5.32 Å². The quantitative estimate of drug-likeness (QED) is 0.518. The minimum absolute atomic E-state index is 0.678. The summed E-state index contributed by atoms with van der Waals surface area (Å²) in [6.45, 7) is 2.00. The molecule has 0 saturated heterocycles. The Kier molecular flexibility index (Phi) is 2.61. The second-order valence-electron chi connectivity index (χ2n) is 2.33. The van der Waals surface area contributed by atoms with E-state index in [1.165, 1.54) is 0 Å². The lowest BCUT2D eigenvalue weighted by Crippen LogP contribution is -1.99. The zero-order valence-electron chi connectivity index (χ0n) is 6.29. The Labute approximate surface area is 68.2 Å². The maximum Gasteiger partial charge on any atom is 0.211 e. The first kappa shape index (κ1) is 8.22. The van der Waals surface area contributed by atoms with Gasteiger partial charge in [-0.3, -0.25) is 4.79 Å². The third-order valence-electron chi connectivity index (χ3n) is 1.50. The van der Waals surface area contributed by atoms with Crippen LogP contribution in [0.4, 0.5) is 5.69 Å². The van der Waals surface area contributed by atoms with Gasteiger partial charge in [-0.25, -0.2) is 0 Å². The lowest BCUT2D eigenvalue weighted by atomic mass is 10.2. The van der Waals surface area contributed by atoms with Crippen molar-refractivity contribution in [1.29, 1.82) is 0 Å². The SMILES string of the molecule is Cc1cc(NC=O)ccc1P. The van der Waals surface area contributed by atoms with Crippen LogP contribution < -0.4 is 10.6 Å². The number of aryl methyl sites for hydroxylation is 1. The summed E-state index contributed by atoms with van der Waals surface area (Å²) in [4.78, 5) is 10.1. The molecule has 11 heavy (non-hydrogen) atoms. The van der Waals surface area contributed by atoms with E-state index in [-0.39, 0.29) is 0 Å². The first-order valence-electron chi connectivity index (χ1n) is 3.30. The number of hydrogen-bond acceptors (Lipinski definition) is 1. The molecule has 2 nitrogen and oxygen atoms in total. The number of nitrogens with one attached hydrogen (secondary N) is 1. The molecule has 1 unspecified atom stereocenters. The molecule has 0 saturated carbocycles. The molecule has 1 atom stereocenters. The van der Waals surface area contributed by atoms with E-state index in [9.17, 15) is 4.79 Å². The van der Waals surface area contributed by atoms with Gasteiger partial charge in [-0.2, -0.15) is 0 Å². The molecule has 0 spiro atoms. The van der Waals surface area contributed by atoms with Gasteiger partial charge in [0.05, 0.1) is 0 Å². The van der Waals surface area contributed by atoms with Gasteiger partial charge in [0.25, 0.3) is 0 Å². The number of benzene rings is 1. The second kappa shape index (κ2) is 3.49. The second-order valence-corrected chi connectivity index (χ2v) is 2.96. The zero-order chi connectivity index (χ0) is 8.27. The van der Waals surface area contributed by atoms with Crippen LogP contribution in [0.5, 0.6) is 0 Å². The summed E-state index contributed by atoms with van der Waals surface area (Å²) in [6, 6.07) is 5.74. The van der Waals surface area contributed by atoms with Gasteiger partial charge in [0.15, 0.2) is 0 Å². The first-order valence-corrected chi connectivity index (χ1v) is 3.88. The van der Waals surface area contributed by atoms with Crippen molar-refractivity contribution in [3.63, 3.8) is 0 Å². The van der Waals surface area contributed by atoms with E-state index in [2.05, 4.69) is 14.6 Å². The molecule has 0 aliphatic rings. The predicted octanol–water partition coefficient (Wildman–Crippen LogP) is 1.06. The fourth-order valence-corrected chi connectivity index (χ4v) is 1.01. The fourth-order valence-electron chi connectivity index (χ4n) is 0.834. The molecule has 58 valence electrons. The molecule has 3 heteroatoms. The Morgan fingerprint density at radius 2 is 2.27 bits per heavy atom. The average Bonchev–Trinajstić information content (AvgIpc) is 1.98. The van der Waals surface area contributed by atoms with Gasteiger partial charge in [0.2, 0.25) is 6.41 Å². The van der Waals surface area contributed by atoms with Crippen molar-refractivity contribution in [2.45, 2.75) is 6.92 Å². The van der Waals surface area contributed by atoms with E-state index >= 15 is 0 Å². The number of amides is 1. The molecule has 1 amide bonds. The van der Waals surface area contributed by atoms with Gasteiger partial charge >= 0.3 is 0 Å². The van der Waals surface area contributed by atoms with E-state index in [0.717, 1.165) is 16.6 Å². The van der Waals surface area contributed by atoms with E-state index in [0.29, 0.717) is 6.41 Å². The first-order chi connectivity index (χ1) is 5.24. The van der Waals surface area contributed by atoms with Crippen LogP contribution in [0.3, 0.4) is 0 Å². The van der Waals surface area contributed by atoms with Crippen LogP contribution in [0, 0.1) is 6.92 Å². The Morgan fingerprint density at radius 3 is 2.82 bits per heavy atom. The van der Waals surface area contributed by atoms with Crippen LogP contribution in [0.1, 0.15) is 5.56 Å². The molecule has 0 fully saturated rings. The van der Waals surface area contributed by atoms with Crippen molar-refractivity contribution in [2.24, 2.45) is 0 Å². The van der Waals surface area contributed by atoms with Crippen molar-refractivity contribution in [2.75, 3.05) is 5.32 Å². The molecule has 1 rings (SSSR count). The van der Waals surface area contributed by atoms with E-state index in [1.54, 1.807) is 0 Å². The number of rotatable bonds is 2. The molecule has 0 bridgehead atoms. The fraction of sp³-hybridized carbons (Fsp3) is 0.125. The van der Waals surface area contributed by atoms with Gasteiger partial charge in [0.1, 0.15) is 0 Å². The highest BCUT2D eigenvalue weighted by atomic mass is 31.0. The minimum atomic E-state index is 0.678. The van der Waals surface area contributed by atoms with Crippen LogP contribution in [0.25, 0.3) is 0 Å². The van der Waals surface area contributed by atoms with E-state index in [4.69, 9.17) is 0 Å². The van der Waals surface area contributed by atoms with Crippen LogP contribution in [0.2, 0.25) is 0 Å². The summed E-state index contributed by atoms with van der Waals surface area (Å²) >= 11 is 0. The smallest absolute Gasteiger partial charge is 0.211 e. The summed E-state index contributed by atoms with van der Waals surface area (Å²) in [5, 5.41) is 3.74. The summed E-state index contributed by atoms with van der Waals surface area (Å²) in [7, 11) is 2.63. The van der Waals surface area contributed by atoms with Crippen molar-refractivity contribution >= 4 is 26.6 Å². The molecule has 1 aromatic carbocycles. The highest BCUT2D eigenvalue weighted by Crippen LogP contribution is 2.08. The molecular formula is C8H10NOP. The summed E-state index contributed by atoms with van der Waals surface area (Å²) < 4.78 is 0. The van der Waals surface area contributed by atoms with Crippen LogP contribution in [0.15, 0.2) is 18.2 Å². The largest absolute Gasteiger partial charge is 0.329 e. The highest BCUT2D eigenvalue weighted by Gasteiger charge is 1.93. The Balaban J connectivity index is 2.95. The zero-order valence-corrected chi connectivity index (χ0v) is 7.45. The Hall–Kier alpha value is -0.880. The molecule has 1 N–H and O–H groups in total. The van der Waals surface area contributed by atoms with Gasteiger partial charge in [-0.1, -0.05) is 6.07 Å². The Bertz CT molecular complexity index is 273. The van der Waals surface area contributed by atoms with E-state index < -0.39 is 0 Å². The maximum absolute atomic E-state index is 10.1. The molecule has 0 aromatic heterocycles. The number of carbonyl (C=O) groups is 1. The number of anilines is 1. The van der Waals surface area contributed by atoms with Crippen LogP contribution >= 0.6 is 9.24 Å². The standard InChI is InChI=1S/C8H10NOP/c1-6-4-7(9-5-10)2-3-8(6)11/h2-5H,11H2,1H3,(H,9,10). The molecule has 0 aliphatic heterocycles. The summed E-state index contributed by atoms with van der Waals surface area (Å²) in [5.41, 5.74) is 1.99. The average molecular weight is 167 g/mol. The third kappa shape index (κ3) is 2.02. The number of hydrogen-bond donors (Lipinski definition) is 1. The summed E-state index contributed by atoms with van der Waals surface area (Å²) in [6.07, 6.45) is 0.678. The summed E-state index contributed by atoms with van der Waals surface area (Å²) in [5.74, 6) is 0. The van der Waals surface area contributed by atoms with Gasteiger partial charge in [-0.15, -0.1) is 9.24 Å². The molecule has 0 radical (unpaired) electrons.